The van der Waals surface area contributed by atoms with Gasteiger partial charge in [0, 0.05) is 31.5 Å². The van der Waals surface area contributed by atoms with E-state index in [2.05, 4.69) is 5.32 Å². The van der Waals surface area contributed by atoms with Gasteiger partial charge in [-0.25, -0.2) is 0 Å². The molecule has 0 spiro atoms. The van der Waals surface area contributed by atoms with Crippen LogP contribution in [0.5, 0.6) is 0 Å². The quantitative estimate of drug-likeness (QED) is 0.701. The van der Waals surface area contributed by atoms with Gasteiger partial charge in [-0.3, -0.25) is 14.4 Å². The highest BCUT2D eigenvalue weighted by atomic mass is 16.5. The Balaban J connectivity index is 2.27. The fourth-order valence-corrected chi connectivity index (χ4v) is 2.13. The molecule has 1 fully saturated rings. The first kappa shape index (κ1) is 18.4. The molecule has 1 aliphatic rings. The lowest BCUT2D eigenvalue weighted by molar-refractivity contribution is -0.147. The molecule has 0 bridgehead atoms. The number of hydrogen-bond donors (Lipinski definition) is 2. The fraction of sp³-hybridized carbons (Fsp3) is 0.800. The van der Waals surface area contributed by atoms with Crippen LogP contribution in [0.1, 0.15) is 40.0 Å². The molecule has 0 aromatic carbocycles. The molecule has 1 saturated heterocycles. The molecule has 1 atom stereocenters. The maximum absolute atomic E-state index is 12.1. The Labute approximate surface area is 131 Å². The maximum atomic E-state index is 12.1. The molecule has 0 aliphatic carbocycles. The van der Waals surface area contributed by atoms with Gasteiger partial charge < -0.3 is 20.1 Å². The first-order chi connectivity index (χ1) is 10.2. The highest BCUT2D eigenvalue weighted by molar-refractivity contribution is 5.81. The zero-order chi connectivity index (χ0) is 16.8. The molecule has 0 saturated carbocycles. The molecule has 0 radical (unpaired) electrons. The van der Waals surface area contributed by atoms with Gasteiger partial charge in [-0.15, -0.1) is 0 Å². The summed E-state index contributed by atoms with van der Waals surface area (Å²) in [5.74, 6) is -0.985. The van der Waals surface area contributed by atoms with Crippen molar-refractivity contribution < 1.29 is 24.2 Å². The van der Waals surface area contributed by atoms with E-state index in [0.29, 0.717) is 39.1 Å². The van der Waals surface area contributed by atoms with Crippen molar-refractivity contribution in [2.24, 2.45) is 5.41 Å². The third kappa shape index (κ3) is 6.43. The third-order valence-corrected chi connectivity index (χ3v) is 3.43. The summed E-state index contributed by atoms with van der Waals surface area (Å²) < 4.78 is 5.33. The predicted molar refractivity (Wildman–Crippen MR) is 80.3 cm³/mol. The average Bonchev–Trinajstić information content (AvgIpc) is 2.41. The lowest BCUT2D eigenvalue weighted by Crippen LogP contribution is -2.46. The van der Waals surface area contributed by atoms with Gasteiger partial charge >= 0.3 is 5.97 Å². The van der Waals surface area contributed by atoms with E-state index in [0.717, 1.165) is 0 Å². The van der Waals surface area contributed by atoms with E-state index in [1.165, 1.54) is 0 Å². The van der Waals surface area contributed by atoms with Crippen molar-refractivity contribution in [3.63, 3.8) is 0 Å². The molecule has 22 heavy (non-hydrogen) atoms. The van der Waals surface area contributed by atoms with Crippen LogP contribution in [0.4, 0.5) is 0 Å². The summed E-state index contributed by atoms with van der Waals surface area (Å²) in [5.41, 5.74) is -0.432. The number of amides is 2. The summed E-state index contributed by atoms with van der Waals surface area (Å²) in [7, 11) is 0. The van der Waals surface area contributed by atoms with E-state index in [9.17, 15) is 14.4 Å². The van der Waals surface area contributed by atoms with E-state index in [1.54, 1.807) is 4.90 Å². The topological polar surface area (TPSA) is 95.9 Å². The number of carbonyl (C=O) groups is 3. The zero-order valence-electron chi connectivity index (χ0n) is 13.6. The van der Waals surface area contributed by atoms with E-state index in [1.807, 2.05) is 20.8 Å². The minimum Gasteiger partial charge on any atom is -0.481 e. The molecular weight excluding hydrogens is 288 g/mol. The van der Waals surface area contributed by atoms with Crippen molar-refractivity contribution in [2.45, 2.75) is 46.1 Å². The van der Waals surface area contributed by atoms with Crippen molar-refractivity contribution >= 4 is 17.8 Å². The lowest BCUT2D eigenvalue weighted by atomic mass is 9.96. The van der Waals surface area contributed by atoms with Crippen LogP contribution in [-0.2, 0) is 19.1 Å². The molecular formula is C15H26N2O5. The molecule has 1 aliphatic heterocycles. The molecule has 1 heterocycles. The Morgan fingerprint density at radius 1 is 1.32 bits per heavy atom. The second kappa shape index (κ2) is 8.12. The number of carboxylic acids is 1. The van der Waals surface area contributed by atoms with Crippen LogP contribution < -0.4 is 5.32 Å². The van der Waals surface area contributed by atoms with Gasteiger partial charge in [-0.05, 0) is 6.42 Å². The molecule has 7 heteroatoms. The molecule has 126 valence electrons. The summed E-state index contributed by atoms with van der Waals surface area (Å²) in [6.45, 7) is 7.15. The van der Waals surface area contributed by atoms with Crippen molar-refractivity contribution in [1.29, 1.82) is 0 Å². The Hall–Kier alpha value is -1.63. The molecule has 1 unspecified atom stereocenters. The number of nitrogens with zero attached hydrogens (tertiary/aromatic N) is 1. The standard InChI is InChI=1S/C15H26N2O5/c1-15(2,3)14(21)16-6-4-5-12(18)17-7-8-22-11(10-17)9-13(19)20/h11H,4-10H2,1-3H3,(H,16,21)(H,19,20). The predicted octanol–water partition coefficient (Wildman–Crippen LogP) is 0.631. The van der Waals surface area contributed by atoms with Gasteiger partial charge in [0.2, 0.25) is 11.8 Å². The largest absolute Gasteiger partial charge is 0.481 e. The highest BCUT2D eigenvalue weighted by Crippen LogP contribution is 2.13. The number of hydrogen-bond acceptors (Lipinski definition) is 4. The first-order valence-electron chi connectivity index (χ1n) is 7.59. The minimum absolute atomic E-state index is 0.0244. The van der Waals surface area contributed by atoms with Gasteiger partial charge in [0.25, 0.3) is 0 Å². The molecule has 7 nitrogen and oxygen atoms in total. The number of aliphatic carboxylic acids is 1. The number of carboxylic acid groups (broad SMARTS) is 1. The highest BCUT2D eigenvalue weighted by Gasteiger charge is 2.25. The molecule has 2 amide bonds. The summed E-state index contributed by atoms with van der Waals surface area (Å²) >= 11 is 0. The Morgan fingerprint density at radius 2 is 2.00 bits per heavy atom. The summed E-state index contributed by atoms with van der Waals surface area (Å²) in [5, 5.41) is 11.6. The Bertz CT molecular complexity index is 417. The second-order valence-corrected chi connectivity index (χ2v) is 6.54. The van der Waals surface area contributed by atoms with Crippen LogP contribution in [0.3, 0.4) is 0 Å². The summed E-state index contributed by atoms with van der Waals surface area (Å²) in [6, 6.07) is 0. The van der Waals surface area contributed by atoms with Crippen molar-refractivity contribution in [3.8, 4) is 0 Å². The second-order valence-electron chi connectivity index (χ2n) is 6.54. The number of rotatable bonds is 6. The van der Waals surface area contributed by atoms with E-state index >= 15 is 0 Å². The van der Waals surface area contributed by atoms with Gasteiger partial charge in [0.15, 0.2) is 0 Å². The van der Waals surface area contributed by atoms with Gasteiger partial charge in [-0.2, -0.15) is 0 Å². The number of morpholine rings is 1. The van der Waals surface area contributed by atoms with Crippen LogP contribution in [0, 0.1) is 5.41 Å². The number of nitrogens with one attached hydrogen (secondary N) is 1. The monoisotopic (exact) mass is 314 g/mol. The summed E-state index contributed by atoms with van der Waals surface area (Å²) in [4.78, 5) is 36.1. The first-order valence-corrected chi connectivity index (χ1v) is 7.59. The van der Waals surface area contributed by atoms with Crippen LogP contribution in [0.25, 0.3) is 0 Å². The molecule has 2 N–H and O–H groups in total. The molecule has 1 rings (SSSR count). The molecule has 0 aromatic heterocycles. The van der Waals surface area contributed by atoms with Crippen molar-refractivity contribution in [2.75, 3.05) is 26.2 Å². The van der Waals surface area contributed by atoms with Crippen LogP contribution in [-0.4, -0.2) is 60.1 Å². The van der Waals surface area contributed by atoms with Gasteiger partial charge in [0.05, 0.1) is 19.1 Å². The minimum atomic E-state index is -0.927. The molecule has 0 aromatic rings. The van der Waals surface area contributed by atoms with Gasteiger partial charge in [-0.1, -0.05) is 20.8 Å². The third-order valence-electron chi connectivity index (χ3n) is 3.43. The van der Waals surface area contributed by atoms with E-state index in [-0.39, 0.29) is 18.2 Å². The Morgan fingerprint density at radius 3 is 2.59 bits per heavy atom. The summed E-state index contributed by atoms with van der Waals surface area (Å²) in [6.07, 6.45) is 0.382. The number of ether oxygens (including phenoxy) is 1. The Kier molecular flexibility index (Phi) is 6.80. The SMILES string of the molecule is CC(C)(C)C(=O)NCCCC(=O)N1CCOC(CC(=O)O)C1. The zero-order valence-corrected chi connectivity index (χ0v) is 13.6. The van der Waals surface area contributed by atoms with Gasteiger partial charge in [0.1, 0.15) is 0 Å². The van der Waals surface area contributed by atoms with Crippen molar-refractivity contribution in [3.05, 3.63) is 0 Å². The fourth-order valence-electron chi connectivity index (χ4n) is 2.13. The average molecular weight is 314 g/mol. The van der Waals surface area contributed by atoms with Crippen LogP contribution in [0.15, 0.2) is 0 Å². The normalized spacial score (nSPS) is 18.9. The van der Waals surface area contributed by atoms with E-state index < -0.39 is 17.5 Å². The van der Waals surface area contributed by atoms with Crippen molar-refractivity contribution in [1.82, 2.24) is 10.2 Å². The number of carbonyl (C=O) groups excluding carboxylic acids is 2. The lowest BCUT2D eigenvalue weighted by Gasteiger charge is -2.32. The van der Waals surface area contributed by atoms with Crippen LogP contribution in [0.2, 0.25) is 0 Å². The van der Waals surface area contributed by atoms with E-state index in [4.69, 9.17) is 9.84 Å². The smallest absolute Gasteiger partial charge is 0.306 e. The maximum Gasteiger partial charge on any atom is 0.306 e. The van der Waals surface area contributed by atoms with Crippen LogP contribution >= 0.6 is 0 Å².